The monoisotopic (exact) mass is 440 g/mol. The van der Waals surface area contributed by atoms with Crippen LogP contribution in [0.1, 0.15) is 80.6 Å². The fourth-order valence-electron chi connectivity index (χ4n) is 5.70. The normalized spacial score (nSPS) is 42.5. The molecule has 2 bridgehead atoms. The summed E-state index contributed by atoms with van der Waals surface area (Å²) in [5, 5.41) is 0.237. The highest BCUT2D eigenvalue weighted by atomic mass is 28.4. The highest BCUT2D eigenvalue weighted by Crippen LogP contribution is 2.54. The summed E-state index contributed by atoms with van der Waals surface area (Å²) in [5.74, 6) is -0.0504. The first-order valence-corrected chi connectivity index (χ1v) is 15.0. The predicted molar refractivity (Wildman–Crippen MR) is 120 cm³/mol. The molecule has 1 saturated carbocycles. The zero-order chi connectivity index (χ0) is 22.1. The van der Waals surface area contributed by atoms with Crippen LogP contribution in [0.25, 0.3) is 0 Å². The third kappa shape index (κ3) is 4.17. The van der Waals surface area contributed by atoms with Crippen molar-refractivity contribution in [3.8, 4) is 0 Å². The van der Waals surface area contributed by atoms with Crippen LogP contribution >= 0.6 is 0 Å². The summed E-state index contributed by atoms with van der Waals surface area (Å²) in [5.41, 5.74) is -0.193. The second kappa shape index (κ2) is 7.52. The maximum atomic E-state index is 6.86. The smallest absolute Gasteiger partial charge is 0.192 e. The molecule has 1 spiro atoms. The molecule has 0 aromatic carbocycles. The molecule has 174 valence electrons. The van der Waals surface area contributed by atoms with E-state index in [1.54, 1.807) is 0 Å². The van der Waals surface area contributed by atoms with Gasteiger partial charge in [-0.1, -0.05) is 27.7 Å². The summed E-state index contributed by atoms with van der Waals surface area (Å²) in [6.45, 7) is 20.2. The average molecular weight is 441 g/mol. The molecule has 8 atom stereocenters. The topological polar surface area (TPSA) is 46.2 Å². The Kier molecular flexibility index (Phi) is 5.82. The molecule has 5 nitrogen and oxygen atoms in total. The van der Waals surface area contributed by atoms with Gasteiger partial charge >= 0.3 is 0 Å². The quantitative estimate of drug-likeness (QED) is 0.534. The van der Waals surface area contributed by atoms with E-state index in [9.17, 15) is 0 Å². The molecule has 1 aliphatic carbocycles. The highest BCUT2D eigenvalue weighted by Gasteiger charge is 2.64. The second-order valence-electron chi connectivity index (χ2n) is 12.4. The SMILES string of the molecule is C[C@H](CC1CC[C@@H]2O[C@H]3C[C@]2(C[C@H]2OC(C)(C)OC32)O1)[C@H](C)O[Si](C)(C)C(C)(C)C. The zero-order valence-corrected chi connectivity index (χ0v) is 21.6. The molecule has 3 saturated heterocycles. The van der Waals surface area contributed by atoms with E-state index in [0.29, 0.717) is 5.92 Å². The number of hydrogen-bond acceptors (Lipinski definition) is 5. The first-order valence-electron chi connectivity index (χ1n) is 12.1. The van der Waals surface area contributed by atoms with E-state index in [-0.39, 0.29) is 47.3 Å². The summed E-state index contributed by atoms with van der Waals surface area (Å²) >= 11 is 0. The van der Waals surface area contributed by atoms with Crippen LogP contribution < -0.4 is 0 Å². The Morgan fingerprint density at radius 2 is 1.67 bits per heavy atom. The molecule has 6 heteroatoms. The molecular formula is C24H44O5Si. The van der Waals surface area contributed by atoms with Crippen molar-refractivity contribution in [1.29, 1.82) is 0 Å². The lowest BCUT2D eigenvalue weighted by atomic mass is 9.76. The number of fused-ring (bicyclic) bond motifs is 3. The van der Waals surface area contributed by atoms with Crippen molar-refractivity contribution >= 4 is 8.32 Å². The molecule has 30 heavy (non-hydrogen) atoms. The van der Waals surface area contributed by atoms with E-state index in [2.05, 4.69) is 47.7 Å². The van der Waals surface area contributed by atoms with Gasteiger partial charge in [0.25, 0.3) is 0 Å². The fourth-order valence-corrected chi connectivity index (χ4v) is 7.22. The van der Waals surface area contributed by atoms with Gasteiger partial charge in [-0.25, -0.2) is 0 Å². The Labute approximate surface area is 184 Å². The highest BCUT2D eigenvalue weighted by molar-refractivity contribution is 6.74. The largest absolute Gasteiger partial charge is 0.414 e. The van der Waals surface area contributed by atoms with Gasteiger partial charge < -0.3 is 23.4 Å². The predicted octanol–water partition coefficient (Wildman–Crippen LogP) is 5.42. The molecule has 0 radical (unpaired) electrons. The van der Waals surface area contributed by atoms with Gasteiger partial charge in [0.05, 0.1) is 30.0 Å². The summed E-state index contributed by atoms with van der Waals surface area (Å²) < 4.78 is 32.4. The minimum absolute atomic E-state index is 0.0511. The fraction of sp³-hybridized carbons (Fsp3) is 1.00. The molecule has 4 rings (SSSR count). The first kappa shape index (κ1) is 23.2. The summed E-state index contributed by atoms with van der Waals surface area (Å²) in [6, 6.07) is 0. The van der Waals surface area contributed by atoms with Crippen LogP contribution in [-0.4, -0.2) is 56.3 Å². The Bertz CT molecular complexity index is 644. The molecular weight excluding hydrogens is 396 g/mol. The molecule has 0 aromatic rings. The van der Waals surface area contributed by atoms with Crippen molar-refractivity contribution in [2.24, 2.45) is 5.92 Å². The van der Waals surface area contributed by atoms with Gasteiger partial charge in [0.1, 0.15) is 6.10 Å². The molecule has 0 N–H and O–H groups in total. The van der Waals surface area contributed by atoms with Gasteiger partial charge in [-0.3, -0.25) is 0 Å². The minimum atomic E-state index is -1.76. The molecule has 4 fully saturated rings. The zero-order valence-electron chi connectivity index (χ0n) is 20.6. The van der Waals surface area contributed by atoms with Crippen LogP contribution in [0.5, 0.6) is 0 Å². The van der Waals surface area contributed by atoms with E-state index < -0.39 is 14.1 Å². The van der Waals surface area contributed by atoms with Crippen LogP contribution in [0.3, 0.4) is 0 Å². The van der Waals surface area contributed by atoms with Crippen LogP contribution in [0.4, 0.5) is 0 Å². The standard InChI is InChI=1S/C24H44O5Si/c1-15(16(2)29-30(8,9)22(3,4)5)12-17-10-11-20-24(26-17)13-18(25-20)21-19(14-24)27-23(6,7)28-21/h15-21H,10-14H2,1-9H3/t15-,16+,17?,18+,19-,20+,21?,24-/m1/s1. The maximum absolute atomic E-state index is 6.86. The van der Waals surface area contributed by atoms with Crippen LogP contribution in [0.2, 0.25) is 18.1 Å². The molecule has 2 unspecified atom stereocenters. The average Bonchev–Trinajstić information content (AvgIpc) is 3.07. The first-order chi connectivity index (χ1) is 13.7. The van der Waals surface area contributed by atoms with Crippen LogP contribution in [0, 0.1) is 5.92 Å². The maximum Gasteiger partial charge on any atom is 0.192 e. The summed E-state index contributed by atoms with van der Waals surface area (Å²) in [4.78, 5) is 0. The third-order valence-electron chi connectivity index (χ3n) is 8.48. The second-order valence-corrected chi connectivity index (χ2v) is 17.1. The molecule has 0 amide bonds. The van der Waals surface area contributed by atoms with Crippen LogP contribution in [-0.2, 0) is 23.4 Å². The Morgan fingerprint density at radius 3 is 2.33 bits per heavy atom. The lowest BCUT2D eigenvalue weighted by molar-refractivity contribution is -0.195. The van der Waals surface area contributed by atoms with Gasteiger partial charge in [-0.2, -0.15) is 0 Å². The number of ether oxygens (including phenoxy) is 4. The van der Waals surface area contributed by atoms with Crippen molar-refractivity contribution in [1.82, 2.24) is 0 Å². The summed E-state index contributed by atoms with van der Waals surface area (Å²) in [6.07, 6.45) is 5.98. The van der Waals surface area contributed by atoms with Crippen molar-refractivity contribution in [2.45, 2.75) is 147 Å². The Balaban J connectivity index is 1.38. The molecule has 0 aromatic heterocycles. The Morgan fingerprint density at radius 1 is 1.00 bits per heavy atom. The third-order valence-corrected chi connectivity index (χ3v) is 13.1. The summed E-state index contributed by atoms with van der Waals surface area (Å²) in [7, 11) is -1.76. The van der Waals surface area contributed by atoms with Gasteiger partial charge in [0.15, 0.2) is 14.1 Å². The van der Waals surface area contributed by atoms with Gasteiger partial charge in [-0.15, -0.1) is 0 Å². The number of hydrogen-bond donors (Lipinski definition) is 0. The van der Waals surface area contributed by atoms with Crippen molar-refractivity contribution < 1.29 is 23.4 Å². The van der Waals surface area contributed by atoms with Crippen molar-refractivity contribution in [2.75, 3.05) is 0 Å². The lowest BCUT2D eigenvalue weighted by Gasteiger charge is -2.45. The van der Waals surface area contributed by atoms with E-state index in [4.69, 9.17) is 23.4 Å². The molecule has 3 aliphatic heterocycles. The van der Waals surface area contributed by atoms with Gasteiger partial charge in [0, 0.05) is 18.9 Å². The minimum Gasteiger partial charge on any atom is -0.414 e. The van der Waals surface area contributed by atoms with E-state index in [1.165, 1.54) is 0 Å². The molecule has 4 aliphatic rings. The van der Waals surface area contributed by atoms with Gasteiger partial charge in [0.2, 0.25) is 0 Å². The lowest BCUT2D eigenvalue weighted by Crippen LogP contribution is -2.54. The van der Waals surface area contributed by atoms with E-state index >= 15 is 0 Å². The van der Waals surface area contributed by atoms with Crippen molar-refractivity contribution in [3.05, 3.63) is 0 Å². The Hall–Kier alpha value is 0.0169. The number of rotatable bonds is 5. The van der Waals surface area contributed by atoms with Crippen molar-refractivity contribution in [3.63, 3.8) is 0 Å². The molecule has 3 heterocycles. The van der Waals surface area contributed by atoms with E-state index in [1.807, 2.05) is 13.8 Å². The van der Waals surface area contributed by atoms with Gasteiger partial charge in [-0.05, 0) is 64.1 Å². The van der Waals surface area contributed by atoms with E-state index in [0.717, 1.165) is 32.1 Å². The van der Waals surface area contributed by atoms with Crippen LogP contribution in [0.15, 0.2) is 0 Å².